The normalized spacial score (nSPS) is 10.8. The van der Waals surface area contributed by atoms with Crippen LogP contribution in [0.4, 0.5) is 4.39 Å². The van der Waals surface area contributed by atoms with E-state index in [0.29, 0.717) is 18.8 Å². The number of rotatable bonds is 4. The average Bonchev–Trinajstić information content (AvgIpc) is 2.71. The predicted molar refractivity (Wildman–Crippen MR) is 60.8 cm³/mol. The third-order valence-electron chi connectivity index (χ3n) is 2.61. The summed E-state index contributed by atoms with van der Waals surface area (Å²) in [7, 11) is 0. The van der Waals surface area contributed by atoms with E-state index in [9.17, 15) is 4.39 Å². The van der Waals surface area contributed by atoms with Gasteiger partial charge >= 0.3 is 0 Å². The monoisotopic (exact) mass is 235 g/mol. The second-order valence-corrected chi connectivity index (χ2v) is 3.74. The van der Waals surface area contributed by atoms with Crippen molar-refractivity contribution < 1.29 is 9.50 Å². The van der Waals surface area contributed by atoms with E-state index in [1.165, 1.54) is 12.1 Å². The molecular formula is C12H14FN3O. The molecule has 0 bridgehead atoms. The summed E-state index contributed by atoms with van der Waals surface area (Å²) in [6, 6.07) is 6.40. The Kier molecular flexibility index (Phi) is 3.49. The summed E-state index contributed by atoms with van der Waals surface area (Å²) in [6.07, 6.45) is 0.512. The molecule has 17 heavy (non-hydrogen) atoms. The largest absolute Gasteiger partial charge is 0.388 e. The molecule has 90 valence electrons. The Balaban J connectivity index is 2.27. The van der Waals surface area contributed by atoms with Gasteiger partial charge in [0.05, 0.1) is 0 Å². The molecule has 4 nitrogen and oxygen atoms in total. The van der Waals surface area contributed by atoms with E-state index in [-0.39, 0.29) is 12.4 Å². The van der Waals surface area contributed by atoms with E-state index < -0.39 is 0 Å². The second-order valence-electron chi connectivity index (χ2n) is 3.74. The minimum absolute atomic E-state index is 0.135. The molecule has 1 heterocycles. The zero-order chi connectivity index (χ0) is 12.3. The maximum absolute atomic E-state index is 13.0. The van der Waals surface area contributed by atoms with E-state index in [0.717, 1.165) is 11.4 Å². The summed E-state index contributed by atoms with van der Waals surface area (Å²) in [4.78, 5) is 0. The standard InChI is InChI=1S/C12H14FN3O/c1-2-16-11(14-15-12(16)8-17)7-9-4-3-5-10(13)6-9/h3-6,17H,2,7-8H2,1H3. The summed E-state index contributed by atoms with van der Waals surface area (Å²) >= 11 is 0. The van der Waals surface area contributed by atoms with Gasteiger partial charge in [0.1, 0.15) is 18.2 Å². The first-order chi connectivity index (χ1) is 8.24. The summed E-state index contributed by atoms with van der Waals surface area (Å²) in [6.45, 7) is 2.51. The van der Waals surface area contributed by atoms with E-state index in [1.807, 2.05) is 17.6 Å². The highest BCUT2D eigenvalue weighted by Crippen LogP contribution is 2.11. The molecule has 0 aliphatic rings. The molecule has 0 saturated carbocycles. The zero-order valence-electron chi connectivity index (χ0n) is 9.60. The van der Waals surface area contributed by atoms with Crippen molar-refractivity contribution in [3.8, 4) is 0 Å². The number of aliphatic hydroxyl groups excluding tert-OH is 1. The van der Waals surface area contributed by atoms with Gasteiger partial charge in [-0.15, -0.1) is 10.2 Å². The van der Waals surface area contributed by atoms with Gasteiger partial charge in [0.2, 0.25) is 0 Å². The van der Waals surface area contributed by atoms with Crippen molar-refractivity contribution in [2.75, 3.05) is 0 Å². The molecule has 1 N–H and O–H groups in total. The molecule has 0 aliphatic carbocycles. The highest BCUT2D eigenvalue weighted by atomic mass is 19.1. The molecule has 5 heteroatoms. The van der Waals surface area contributed by atoms with Crippen LogP contribution in [0.25, 0.3) is 0 Å². The van der Waals surface area contributed by atoms with Crippen molar-refractivity contribution in [1.82, 2.24) is 14.8 Å². The molecule has 2 aromatic rings. The van der Waals surface area contributed by atoms with E-state index >= 15 is 0 Å². The van der Waals surface area contributed by atoms with E-state index in [2.05, 4.69) is 10.2 Å². The fraction of sp³-hybridized carbons (Fsp3) is 0.333. The van der Waals surface area contributed by atoms with Gasteiger partial charge in [-0.1, -0.05) is 12.1 Å². The summed E-state index contributed by atoms with van der Waals surface area (Å²) < 4.78 is 14.9. The predicted octanol–water partition coefficient (Wildman–Crippen LogP) is 1.52. The minimum Gasteiger partial charge on any atom is -0.388 e. The van der Waals surface area contributed by atoms with Gasteiger partial charge in [-0.2, -0.15) is 0 Å². The Labute approximate surface area is 98.7 Å². The molecule has 0 atom stereocenters. The van der Waals surface area contributed by atoms with Crippen LogP contribution >= 0.6 is 0 Å². The van der Waals surface area contributed by atoms with Crippen molar-refractivity contribution >= 4 is 0 Å². The Morgan fingerprint density at radius 3 is 2.71 bits per heavy atom. The first-order valence-electron chi connectivity index (χ1n) is 5.50. The van der Waals surface area contributed by atoms with Crippen molar-refractivity contribution in [1.29, 1.82) is 0 Å². The van der Waals surface area contributed by atoms with Crippen molar-refractivity contribution in [2.24, 2.45) is 0 Å². The number of nitrogens with zero attached hydrogens (tertiary/aromatic N) is 3. The maximum atomic E-state index is 13.0. The van der Waals surface area contributed by atoms with Crippen LogP contribution in [0.1, 0.15) is 24.1 Å². The van der Waals surface area contributed by atoms with Crippen LogP contribution in [0.2, 0.25) is 0 Å². The molecular weight excluding hydrogens is 221 g/mol. The Hall–Kier alpha value is -1.75. The molecule has 0 aliphatic heterocycles. The van der Waals surface area contributed by atoms with Crippen molar-refractivity contribution in [3.63, 3.8) is 0 Å². The lowest BCUT2D eigenvalue weighted by Gasteiger charge is -2.06. The third kappa shape index (κ3) is 2.50. The fourth-order valence-electron chi connectivity index (χ4n) is 1.81. The zero-order valence-corrected chi connectivity index (χ0v) is 9.60. The van der Waals surface area contributed by atoms with Crippen molar-refractivity contribution in [3.05, 3.63) is 47.3 Å². The average molecular weight is 235 g/mol. The Morgan fingerprint density at radius 1 is 1.29 bits per heavy atom. The highest BCUT2D eigenvalue weighted by Gasteiger charge is 2.10. The number of aromatic nitrogens is 3. The number of hydrogen-bond donors (Lipinski definition) is 1. The van der Waals surface area contributed by atoms with Gasteiger partial charge in [0, 0.05) is 13.0 Å². The van der Waals surface area contributed by atoms with Gasteiger partial charge in [-0.25, -0.2) is 4.39 Å². The number of benzene rings is 1. The molecule has 0 fully saturated rings. The molecule has 1 aromatic carbocycles. The van der Waals surface area contributed by atoms with Gasteiger partial charge in [0.25, 0.3) is 0 Å². The van der Waals surface area contributed by atoms with Crippen LogP contribution in [0.5, 0.6) is 0 Å². The molecule has 0 saturated heterocycles. The lowest BCUT2D eigenvalue weighted by Crippen LogP contribution is -2.06. The lowest BCUT2D eigenvalue weighted by atomic mass is 10.1. The van der Waals surface area contributed by atoms with Crippen LogP contribution in [0, 0.1) is 5.82 Å². The SMILES string of the molecule is CCn1c(CO)nnc1Cc1cccc(F)c1. The minimum atomic E-state index is -0.257. The molecule has 0 radical (unpaired) electrons. The number of halogens is 1. The quantitative estimate of drug-likeness (QED) is 0.874. The summed E-state index contributed by atoms with van der Waals surface area (Å²) in [5.41, 5.74) is 0.844. The van der Waals surface area contributed by atoms with E-state index in [1.54, 1.807) is 6.07 Å². The second kappa shape index (κ2) is 5.05. The van der Waals surface area contributed by atoms with Gasteiger partial charge < -0.3 is 9.67 Å². The lowest BCUT2D eigenvalue weighted by molar-refractivity contribution is 0.264. The molecule has 1 aromatic heterocycles. The molecule has 2 rings (SSSR count). The van der Waals surface area contributed by atoms with Gasteiger partial charge in [-0.3, -0.25) is 0 Å². The fourth-order valence-corrected chi connectivity index (χ4v) is 1.81. The van der Waals surface area contributed by atoms with Crippen LogP contribution in [-0.4, -0.2) is 19.9 Å². The van der Waals surface area contributed by atoms with Crippen LogP contribution in [0.3, 0.4) is 0 Å². The molecule has 0 unspecified atom stereocenters. The first kappa shape index (κ1) is 11.7. The van der Waals surface area contributed by atoms with E-state index in [4.69, 9.17) is 5.11 Å². The topological polar surface area (TPSA) is 50.9 Å². The summed E-state index contributed by atoms with van der Waals surface area (Å²) in [5.74, 6) is 1.02. The smallest absolute Gasteiger partial charge is 0.158 e. The van der Waals surface area contributed by atoms with Crippen LogP contribution in [0.15, 0.2) is 24.3 Å². The third-order valence-corrected chi connectivity index (χ3v) is 2.61. The molecule has 0 amide bonds. The first-order valence-corrected chi connectivity index (χ1v) is 5.50. The number of aliphatic hydroxyl groups is 1. The Bertz CT molecular complexity index is 510. The molecule has 0 spiro atoms. The Morgan fingerprint density at radius 2 is 2.06 bits per heavy atom. The van der Waals surface area contributed by atoms with Crippen molar-refractivity contribution in [2.45, 2.75) is 26.5 Å². The van der Waals surface area contributed by atoms with Gasteiger partial charge in [0.15, 0.2) is 5.82 Å². The van der Waals surface area contributed by atoms with Gasteiger partial charge in [-0.05, 0) is 24.6 Å². The maximum Gasteiger partial charge on any atom is 0.158 e. The highest BCUT2D eigenvalue weighted by molar-refractivity contribution is 5.20. The number of hydrogen-bond acceptors (Lipinski definition) is 3. The summed E-state index contributed by atoms with van der Waals surface area (Å²) in [5, 5.41) is 17.0. The van der Waals surface area contributed by atoms with Crippen LogP contribution < -0.4 is 0 Å². The van der Waals surface area contributed by atoms with Crippen LogP contribution in [-0.2, 0) is 19.6 Å².